The average molecular weight is 446 g/mol. The highest BCUT2D eigenvalue weighted by Crippen LogP contribution is 2.20. The van der Waals surface area contributed by atoms with E-state index in [1.165, 1.54) is 11.1 Å². The van der Waals surface area contributed by atoms with Crippen molar-refractivity contribution in [2.75, 3.05) is 34.7 Å². The number of carbonyl (C=O) groups excluding carboxylic acids is 2. The highest BCUT2D eigenvalue weighted by atomic mass is 16.2. The minimum Gasteiger partial charge on any atom is -0.370 e. The summed E-state index contributed by atoms with van der Waals surface area (Å²) in [6.07, 6.45) is 6.31. The van der Waals surface area contributed by atoms with Crippen LogP contribution < -0.4 is 11.5 Å². The molecule has 0 radical (unpaired) electrons. The van der Waals surface area contributed by atoms with Crippen molar-refractivity contribution in [3.63, 3.8) is 0 Å². The first kappa shape index (κ1) is 27.6. The lowest BCUT2D eigenvalue weighted by Gasteiger charge is -2.26. The monoisotopic (exact) mass is 445 g/mol. The second-order valence-electron chi connectivity index (χ2n) is 8.99. The van der Waals surface area contributed by atoms with Gasteiger partial charge in [0.1, 0.15) is 0 Å². The number of rotatable bonds is 15. The van der Waals surface area contributed by atoms with Crippen molar-refractivity contribution in [2.45, 2.75) is 64.3 Å². The number of hydrogen-bond donors (Lipinski definition) is 2. The van der Waals surface area contributed by atoms with E-state index < -0.39 is 0 Å². The minimum absolute atomic E-state index is 0.00390. The van der Waals surface area contributed by atoms with Crippen molar-refractivity contribution in [3.05, 3.63) is 35.4 Å². The summed E-state index contributed by atoms with van der Waals surface area (Å²) in [6.45, 7) is 2.72. The van der Waals surface area contributed by atoms with E-state index in [0.29, 0.717) is 13.0 Å². The number of nitrogens with two attached hydrogens (primary N) is 2. The molecule has 0 aliphatic heterocycles. The summed E-state index contributed by atoms with van der Waals surface area (Å²) < 4.78 is 0. The Morgan fingerprint density at radius 2 is 1.53 bits per heavy atom. The minimum atomic E-state index is -0.313. The molecule has 0 aliphatic rings. The standard InChI is InChI=1S/C25H43N5O2/c1-6-9-19-11-13-20(14-12-19)15-16-22(29(2)3)23(31)18-21(24(32)30(4)5)10-7-8-17-28-25(26)27/h11-14,21-22H,6-10,15-18H2,1-5H3,(H4,26,27,28)/t21-,22+/m1/s1. The molecule has 0 aromatic heterocycles. The molecule has 0 saturated carbocycles. The fourth-order valence-electron chi connectivity index (χ4n) is 3.94. The molecule has 0 spiro atoms. The highest BCUT2D eigenvalue weighted by molar-refractivity contribution is 5.89. The summed E-state index contributed by atoms with van der Waals surface area (Å²) in [7, 11) is 7.35. The van der Waals surface area contributed by atoms with Crippen LogP contribution in [-0.4, -0.2) is 68.2 Å². The zero-order chi connectivity index (χ0) is 24.1. The zero-order valence-corrected chi connectivity index (χ0v) is 20.6. The summed E-state index contributed by atoms with van der Waals surface area (Å²) >= 11 is 0. The maximum Gasteiger partial charge on any atom is 0.225 e. The van der Waals surface area contributed by atoms with Crippen molar-refractivity contribution in [1.82, 2.24) is 9.80 Å². The van der Waals surface area contributed by atoms with E-state index in [2.05, 4.69) is 36.2 Å². The van der Waals surface area contributed by atoms with Crippen LogP contribution in [-0.2, 0) is 22.4 Å². The maximum absolute atomic E-state index is 13.2. The van der Waals surface area contributed by atoms with E-state index in [0.717, 1.165) is 38.5 Å². The van der Waals surface area contributed by atoms with Gasteiger partial charge in [0.05, 0.1) is 6.04 Å². The molecule has 0 heterocycles. The lowest BCUT2D eigenvalue weighted by atomic mass is 9.90. The van der Waals surface area contributed by atoms with Gasteiger partial charge in [0.2, 0.25) is 5.91 Å². The molecule has 0 saturated heterocycles. The SMILES string of the molecule is CCCc1ccc(CC[C@@H](C(=O)C[C@@H](CCCCN=C(N)N)C(=O)N(C)C)N(C)C)cc1. The molecule has 1 amide bonds. The number of hydrogen-bond acceptors (Lipinski definition) is 4. The van der Waals surface area contributed by atoms with E-state index >= 15 is 0 Å². The molecular formula is C25H43N5O2. The molecule has 7 nitrogen and oxygen atoms in total. The fourth-order valence-corrected chi connectivity index (χ4v) is 3.94. The predicted molar refractivity (Wildman–Crippen MR) is 133 cm³/mol. The van der Waals surface area contributed by atoms with Crippen molar-refractivity contribution in [3.8, 4) is 0 Å². The summed E-state index contributed by atoms with van der Waals surface area (Å²) in [5.41, 5.74) is 13.3. The molecule has 0 unspecified atom stereocenters. The molecule has 0 bridgehead atoms. The Morgan fingerprint density at radius 1 is 0.938 bits per heavy atom. The Kier molecular flexibility index (Phi) is 12.6. The zero-order valence-electron chi connectivity index (χ0n) is 20.6. The third-order valence-corrected chi connectivity index (χ3v) is 5.76. The lowest BCUT2D eigenvalue weighted by Crippen LogP contribution is -2.39. The molecule has 2 atom stereocenters. The first-order chi connectivity index (χ1) is 15.1. The Hall–Kier alpha value is -2.41. The number of Topliss-reactive ketones (excluding diaryl/α,β-unsaturated/α-hetero) is 1. The number of nitrogens with zero attached hydrogens (tertiary/aromatic N) is 3. The molecular weight excluding hydrogens is 402 g/mol. The number of benzene rings is 1. The number of likely N-dealkylation sites (N-methyl/N-ethyl adjacent to an activating group) is 1. The van der Waals surface area contributed by atoms with Gasteiger partial charge in [0.25, 0.3) is 0 Å². The topological polar surface area (TPSA) is 105 Å². The summed E-state index contributed by atoms with van der Waals surface area (Å²) in [4.78, 5) is 33.4. The van der Waals surface area contributed by atoms with E-state index in [9.17, 15) is 9.59 Å². The van der Waals surface area contributed by atoms with Gasteiger partial charge in [-0.15, -0.1) is 0 Å². The second-order valence-corrected chi connectivity index (χ2v) is 8.99. The molecule has 1 rings (SSSR count). The number of guanidine groups is 1. The lowest BCUT2D eigenvalue weighted by molar-refractivity contribution is -0.137. The number of aryl methyl sites for hydroxylation is 2. The van der Waals surface area contributed by atoms with Crippen molar-refractivity contribution in [2.24, 2.45) is 22.4 Å². The third kappa shape index (κ3) is 10.3. The summed E-state index contributed by atoms with van der Waals surface area (Å²) in [5.74, 6) is -0.103. The average Bonchev–Trinajstić information content (AvgIpc) is 2.73. The molecule has 1 aromatic carbocycles. The molecule has 4 N–H and O–H groups in total. The van der Waals surface area contributed by atoms with Crippen molar-refractivity contribution in [1.29, 1.82) is 0 Å². The van der Waals surface area contributed by atoms with Gasteiger partial charge in [-0.2, -0.15) is 0 Å². The fraction of sp³-hybridized carbons (Fsp3) is 0.640. The Bertz CT molecular complexity index is 724. The van der Waals surface area contributed by atoms with E-state index in [4.69, 9.17) is 11.5 Å². The van der Waals surface area contributed by atoms with E-state index in [-0.39, 0.29) is 36.0 Å². The van der Waals surface area contributed by atoms with Crippen LogP contribution in [0.4, 0.5) is 0 Å². The smallest absolute Gasteiger partial charge is 0.225 e. The van der Waals surface area contributed by atoms with Crippen molar-refractivity contribution >= 4 is 17.6 Å². The predicted octanol–water partition coefficient (Wildman–Crippen LogP) is 2.61. The summed E-state index contributed by atoms with van der Waals surface area (Å²) in [5, 5.41) is 0. The normalized spacial score (nSPS) is 12.9. The Morgan fingerprint density at radius 3 is 2.03 bits per heavy atom. The van der Waals surface area contributed by atoms with Gasteiger partial charge < -0.3 is 16.4 Å². The molecule has 0 aliphatic carbocycles. The number of unbranched alkanes of at least 4 members (excludes halogenated alkanes) is 1. The quantitative estimate of drug-likeness (QED) is 0.245. The van der Waals surface area contributed by atoms with Gasteiger partial charge in [-0.05, 0) is 57.3 Å². The van der Waals surface area contributed by atoms with Gasteiger partial charge in [0, 0.05) is 33.0 Å². The van der Waals surface area contributed by atoms with Gasteiger partial charge in [-0.3, -0.25) is 19.5 Å². The van der Waals surface area contributed by atoms with Crippen LogP contribution in [0.15, 0.2) is 29.3 Å². The van der Waals surface area contributed by atoms with Crippen LogP contribution in [0, 0.1) is 5.92 Å². The number of ketones is 1. The first-order valence-electron chi connectivity index (χ1n) is 11.7. The van der Waals surface area contributed by atoms with Crippen LogP contribution >= 0.6 is 0 Å². The number of carbonyl (C=O) groups is 2. The molecule has 1 aromatic rings. The highest BCUT2D eigenvalue weighted by Gasteiger charge is 2.28. The molecule has 0 fully saturated rings. The molecule has 32 heavy (non-hydrogen) atoms. The molecule has 180 valence electrons. The number of aliphatic imine (C=N–C) groups is 1. The van der Waals surface area contributed by atoms with Gasteiger partial charge >= 0.3 is 0 Å². The largest absolute Gasteiger partial charge is 0.370 e. The van der Waals surface area contributed by atoms with Gasteiger partial charge in [0.15, 0.2) is 11.7 Å². The van der Waals surface area contributed by atoms with E-state index in [1.54, 1.807) is 19.0 Å². The Labute approximate surface area is 194 Å². The first-order valence-corrected chi connectivity index (χ1v) is 11.7. The summed E-state index contributed by atoms with van der Waals surface area (Å²) in [6, 6.07) is 8.48. The van der Waals surface area contributed by atoms with E-state index in [1.807, 2.05) is 19.0 Å². The van der Waals surface area contributed by atoms with Crippen LogP contribution in [0.5, 0.6) is 0 Å². The number of amides is 1. The molecule has 7 heteroatoms. The maximum atomic E-state index is 13.2. The van der Waals surface area contributed by atoms with Gasteiger partial charge in [-0.1, -0.05) is 44.0 Å². The van der Waals surface area contributed by atoms with Crippen LogP contribution in [0.25, 0.3) is 0 Å². The van der Waals surface area contributed by atoms with Crippen molar-refractivity contribution < 1.29 is 9.59 Å². The second kappa shape index (κ2) is 14.6. The Balaban J connectivity index is 2.72. The van der Waals surface area contributed by atoms with Crippen LogP contribution in [0.2, 0.25) is 0 Å². The third-order valence-electron chi connectivity index (χ3n) is 5.76. The van der Waals surface area contributed by atoms with Crippen LogP contribution in [0.1, 0.15) is 56.6 Å². The van der Waals surface area contributed by atoms with Gasteiger partial charge in [-0.25, -0.2) is 0 Å². The van der Waals surface area contributed by atoms with Crippen LogP contribution in [0.3, 0.4) is 0 Å².